The fourth-order valence-electron chi connectivity index (χ4n) is 2.69. The molecule has 0 aliphatic carbocycles. The van der Waals surface area contributed by atoms with Crippen LogP contribution >= 0.6 is 0 Å². The zero-order chi connectivity index (χ0) is 18.0. The number of rotatable bonds is 5. The molecule has 0 bridgehead atoms. The van der Waals surface area contributed by atoms with E-state index in [-0.39, 0.29) is 35.4 Å². The molecule has 0 radical (unpaired) electrons. The Balaban J connectivity index is 1.89. The van der Waals surface area contributed by atoms with Gasteiger partial charge in [-0.25, -0.2) is 0 Å². The summed E-state index contributed by atoms with van der Waals surface area (Å²) in [4.78, 5) is 12.5. The van der Waals surface area contributed by atoms with Crippen LogP contribution in [-0.2, 0) is 0 Å². The van der Waals surface area contributed by atoms with E-state index in [1.165, 1.54) is 26.4 Å². The molecule has 0 atom stereocenters. The minimum absolute atomic E-state index is 0.0795. The smallest absolute Gasteiger partial charge is 0.231 e. The van der Waals surface area contributed by atoms with Gasteiger partial charge in [-0.3, -0.25) is 4.79 Å². The van der Waals surface area contributed by atoms with E-state index >= 15 is 0 Å². The summed E-state index contributed by atoms with van der Waals surface area (Å²) in [6, 6.07) is 6.78. The average Bonchev–Trinajstić information content (AvgIpc) is 3.08. The molecule has 6 nitrogen and oxygen atoms in total. The first-order chi connectivity index (χ1) is 12.0. The van der Waals surface area contributed by atoms with Gasteiger partial charge in [0.2, 0.25) is 12.5 Å². The predicted octanol–water partition coefficient (Wildman–Crippen LogP) is 3.34. The van der Waals surface area contributed by atoms with E-state index in [1.807, 2.05) is 19.1 Å². The van der Waals surface area contributed by atoms with Crippen LogP contribution in [0, 0.1) is 6.92 Å². The maximum Gasteiger partial charge on any atom is 0.231 e. The van der Waals surface area contributed by atoms with Crippen LogP contribution < -0.4 is 18.9 Å². The van der Waals surface area contributed by atoms with E-state index in [0.29, 0.717) is 5.75 Å². The number of phenols is 1. The number of aromatic hydroxyl groups is 1. The van der Waals surface area contributed by atoms with Crippen molar-refractivity contribution in [3.05, 3.63) is 47.0 Å². The standard InChI is InChI=1S/C19H18O6/c1-11-8-12(9-16-18(11)25-10-24-16)4-6-14(20)13-5-7-15(22-2)17(21)19(13)23-3/h4-9,21H,10H2,1-3H3/b6-4+. The van der Waals surface area contributed by atoms with Gasteiger partial charge in [0.05, 0.1) is 19.8 Å². The summed E-state index contributed by atoms with van der Waals surface area (Å²) in [5, 5.41) is 10.1. The van der Waals surface area contributed by atoms with Crippen molar-refractivity contribution in [2.45, 2.75) is 6.92 Å². The first-order valence-electron chi connectivity index (χ1n) is 7.61. The number of carbonyl (C=O) groups is 1. The molecule has 0 spiro atoms. The molecule has 0 aromatic heterocycles. The van der Waals surface area contributed by atoms with Gasteiger partial charge in [-0.15, -0.1) is 0 Å². The fraction of sp³-hybridized carbons (Fsp3) is 0.211. The van der Waals surface area contributed by atoms with Gasteiger partial charge in [0.25, 0.3) is 0 Å². The van der Waals surface area contributed by atoms with Crippen molar-refractivity contribution in [2.24, 2.45) is 0 Å². The number of hydrogen-bond acceptors (Lipinski definition) is 6. The summed E-state index contributed by atoms with van der Waals surface area (Å²) in [6.45, 7) is 2.11. The van der Waals surface area contributed by atoms with Gasteiger partial charge in [0.15, 0.2) is 28.8 Å². The molecule has 1 heterocycles. The lowest BCUT2D eigenvalue weighted by molar-refractivity contribution is 0.104. The van der Waals surface area contributed by atoms with E-state index < -0.39 is 0 Å². The Hall–Kier alpha value is -3.15. The predicted molar refractivity (Wildman–Crippen MR) is 91.9 cm³/mol. The SMILES string of the molecule is COc1ccc(C(=O)/C=C/c2cc(C)c3c(c2)OCO3)c(OC)c1O. The molecule has 0 unspecified atom stereocenters. The van der Waals surface area contributed by atoms with Crippen molar-refractivity contribution >= 4 is 11.9 Å². The quantitative estimate of drug-likeness (QED) is 0.663. The van der Waals surface area contributed by atoms with E-state index in [9.17, 15) is 9.90 Å². The Morgan fingerprint density at radius 2 is 2.00 bits per heavy atom. The van der Waals surface area contributed by atoms with E-state index in [4.69, 9.17) is 18.9 Å². The second-order valence-corrected chi connectivity index (χ2v) is 5.47. The number of allylic oxidation sites excluding steroid dienone is 1. The topological polar surface area (TPSA) is 74.2 Å². The van der Waals surface area contributed by atoms with Crippen molar-refractivity contribution in [1.29, 1.82) is 0 Å². The third kappa shape index (κ3) is 3.10. The Labute approximate surface area is 145 Å². The average molecular weight is 342 g/mol. The second kappa shape index (κ2) is 6.76. The molecule has 0 fully saturated rings. The van der Waals surface area contributed by atoms with Crippen LogP contribution in [0.3, 0.4) is 0 Å². The lowest BCUT2D eigenvalue weighted by atomic mass is 10.1. The Morgan fingerprint density at radius 1 is 1.20 bits per heavy atom. The highest BCUT2D eigenvalue weighted by Crippen LogP contribution is 2.39. The van der Waals surface area contributed by atoms with Gasteiger partial charge in [-0.2, -0.15) is 0 Å². The summed E-state index contributed by atoms with van der Waals surface area (Å²) in [5.74, 6) is 1.20. The number of benzene rings is 2. The maximum atomic E-state index is 12.5. The summed E-state index contributed by atoms with van der Waals surface area (Å²) in [6.07, 6.45) is 3.10. The van der Waals surface area contributed by atoms with Crippen molar-refractivity contribution < 1.29 is 28.8 Å². The van der Waals surface area contributed by atoms with Gasteiger partial charge in [0.1, 0.15) is 0 Å². The molecule has 2 aromatic carbocycles. The first-order valence-corrected chi connectivity index (χ1v) is 7.61. The van der Waals surface area contributed by atoms with Crippen LogP contribution in [0.1, 0.15) is 21.5 Å². The van der Waals surface area contributed by atoms with Gasteiger partial charge in [-0.05, 0) is 48.4 Å². The number of ether oxygens (including phenoxy) is 4. The summed E-state index contributed by atoms with van der Waals surface area (Å²) >= 11 is 0. The lowest BCUT2D eigenvalue weighted by Crippen LogP contribution is -2.00. The molecule has 1 aliphatic rings. The monoisotopic (exact) mass is 342 g/mol. The van der Waals surface area contributed by atoms with Crippen molar-refractivity contribution in [3.63, 3.8) is 0 Å². The van der Waals surface area contributed by atoms with Gasteiger partial charge in [-0.1, -0.05) is 6.08 Å². The summed E-state index contributed by atoms with van der Waals surface area (Å²) < 4.78 is 20.9. The number of phenolic OH excluding ortho intramolecular Hbond substituents is 1. The molecule has 1 N–H and O–H groups in total. The van der Waals surface area contributed by atoms with Crippen LogP contribution in [0.5, 0.6) is 28.7 Å². The molecule has 0 amide bonds. The maximum absolute atomic E-state index is 12.5. The van der Waals surface area contributed by atoms with Crippen LogP contribution in [0.15, 0.2) is 30.3 Å². The molecule has 25 heavy (non-hydrogen) atoms. The molecule has 0 saturated carbocycles. The highest BCUT2D eigenvalue weighted by atomic mass is 16.7. The van der Waals surface area contributed by atoms with Crippen LogP contribution in [0.4, 0.5) is 0 Å². The zero-order valence-corrected chi connectivity index (χ0v) is 14.2. The number of fused-ring (bicyclic) bond motifs is 1. The molecule has 1 aliphatic heterocycles. The summed E-state index contributed by atoms with van der Waals surface area (Å²) in [7, 11) is 2.81. The zero-order valence-electron chi connectivity index (χ0n) is 14.2. The normalized spacial score (nSPS) is 12.4. The third-order valence-electron chi connectivity index (χ3n) is 3.89. The van der Waals surface area contributed by atoms with Crippen molar-refractivity contribution in [3.8, 4) is 28.7 Å². The van der Waals surface area contributed by atoms with Crippen molar-refractivity contribution in [2.75, 3.05) is 21.0 Å². The Kier molecular flexibility index (Phi) is 4.52. The lowest BCUT2D eigenvalue weighted by Gasteiger charge is -2.11. The Morgan fingerprint density at radius 3 is 2.72 bits per heavy atom. The Bertz CT molecular complexity index is 853. The number of hydrogen-bond donors (Lipinski definition) is 1. The molecular weight excluding hydrogens is 324 g/mol. The number of ketones is 1. The van der Waals surface area contributed by atoms with Gasteiger partial charge in [0, 0.05) is 0 Å². The first kappa shape index (κ1) is 16.7. The van der Waals surface area contributed by atoms with Crippen molar-refractivity contribution in [1.82, 2.24) is 0 Å². The highest BCUT2D eigenvalue weighted by Gasteiger charge is 2.19. The van der Waals surface area contributed by atoms with Crippen LogP contribution in [0.2, 0.25) is 0 Å². The molecule has 3 rings (SSSR count). The summed E-state index contributed by atoms with van der Waals surface area (Å²) in [5.41, 5.74) is 1.99. The van der Waals surface area contributed by atoms with Gasteiger partial charge < -0.3 is 24.1 Å². The highest BCUT2D eigenvalue weighted by molar-refractivity contribution is 6.09. The number of carbonyl (C=O) groups excluding carboxylic acids is 1. The minimum atomic E-state index is -0.301. The number of methoxy groups -OCH3 is 2. The third-order valence-corrected chi connectivity index (χ3v) is 3.89. The second-order valence-electron chi connectivity index (χ2n) is 5.47. The molecule has 130 valence electrons. The van der Waals surface area contributed by atoms with E-state index in [0.717, 1.165) is 16.9 Å². The molecule has 2 aromatic rings. The molecule has 6 heteroatoms. The van der Waals surface area contributed by atoms with Crippen LogP contribution in [0.25, 0.3) is 6.08 Å². The van der Waals surface area contributed by atoms with E-state index in [1.54, 1.807) is 12.1 Å². The van der Waals surface area contributed by atoms with Gasteiger partial charge >= 0.3 is 0 Å². The largest absolute Gasteiger partial charge is 0.502 e. The molecular formula is C19H18O6. The minimum Gasteiger partial charge on any atom is -0.502 e. The fourth-order valence-corrected chi connectivity index (χ4v) is 2.69. The van der Waals surface area contributed by atoms with Crippen LogP contribution in [-0.4, -0.2) is 31.9 Å². The number of aryl methyl sites for hydroxylation is 1. The van der Waals surface area contributed by atoms with E-state index in [2.05, 4.69) is 0 Å². The molecule has 0 saturated heterocycles.